The van der Waals surface area contributed by atoms with Crippen molar-refractivity contribution in [3.63, 3.8) is 0 Å². The quantitative estimate of drug-likeness (QED) is 0.413. The van der Waals surface area contributed by atoms with Gasteiger partial charge in [-0.2, -0.15) is 0 Å². The topological polar surface area (TPSA) is 26.3 Å². The van der Waals surface area contributed by atoms with Crippen molar-refractivity contribution in [2.75, 3.05) is 18.6 Å². The summed E-state index contributed by atoms with van der Waals surface area (Å²) >= 11 is 0. The molecule has 1 rings (SSSR count). The molecule has 0 amide bonds. The lowest BCUT2D eigenvalue weighted by molar-refractivity contribution is 0.414. The largest absolute Gasteiger partial charge is 0.497 e. The lowest BCUT2D eigenvalue weighted by Gasteiger charge is -2.01. The zero-order valence-corrected chi connectivity index (χ0v) is 12.7. The summed E-state index contributed by atoms with van der Waals surface area (Å²) in [5.41, 5.74) is 0. The zero-order chi connectivity index (χ0) is 13.2. The van der Waals surface area contributed by atoms with Crippen LogP contribution in [0.4, 0.5) is 0 Å². The van der Waals surface area contributed by atoms with Crippen molar-refractivity contribution in [2.24, 2.45) is 0 Å². The van der Waals surface area contributed by atoms with Crippen LogP contribution < -0.4 is 4.74 Å². The second kappa shape index (κ2) is 9.30. The van der Waals surface area contributed by atoms with Gasteiger partial charge in [0.25, 0.3) is 0 Å². The highest BCUT2D eigenvalue weighted by Gasteiger charge is 2.01. The number of methoxy groups -OCH3 is 1. The van der Waals surface area contributed by atoms with E-state index in [1.165, 1.54) is 0 Å². The van der Waals surface area contributed by atoms with Gasteiger partial charge in [0.05, 0.1) is 17.9 Å². The summed E-state index contributed by atoms with van der Waals surface area (Å²) < 4.78 is 17.0. The van der Waals surface area contributed by atoms with E-state index in [9.17, 15) is 4.21 Å². The first kappa shape index (κ1) is 15.4. The van der Waals surface area contributed by atoms with Crippen molar-refractivity contribution >= 4 is 32.4 Å². The zero-order valence-electron chi connectivity index (χ0n) is 10.2. The summed E-state index contributed by atoms with van der Waals surface area (Å²) in [4.78, 5) is 0.823. The number of benzene rings is 1. The Morgan fingerprint density at radius 2 is 2.11 bits per heavy atom. The smallest absolute Gasteiger partial charge is 0.118 e. The molecule has 0 spiro atoms. The highest BCUT2D eigenvalue weighted by Crippen LogP contribution is 2.22. The molecule has 98 valence electrons. The Hall–Kier alpha value is -0.650. The van der Waals surface area contributed by atoms with Crippen LogP contribution >= 0.6 is 21.6 Å². The van der Waals surface area contributed by atoms with Gasteiger partial charge in [0.2, 0.25) is 0 Å². The molecule has 0 bridgehead atoms. The van der Waals surface area contributed by atoms with Crippen molar-refractivity contribution < 1.29 is 8.95 Å². The molecule has 18 heavy (non-hydrogen) atoms. The molecule has 5 heteroatoms. The molecule has 1 aromatic rings. The Morgan fingerprint density at radius 3 is 2.72 bits per heavy atom. The van der Waals surface area contributed by atoms with Crippen molar-refractivity contribution in [3.8, 4) is 5.75 Å². The van der Waals surface area contributed by atoms with Gasteiger partial charge in [0.15, 0.2) is 0 Å². The molecule has 1 atom stereocenters. The van der Waals surface area contributed by atoms with Crippen LogP contribution in [0, 0.1) is 0 Å². The summed E-state index contributed by atoms with van der Waals surface area (Å²) in [6.45, 7) is 3.64. The van der Waals surface area contributed by atoms with E-state index >= 15 is 0 Å². The lowest BCUT2D eigenvalue weighted by atomic mass is 10.3. The molecule has 0 saturated carbocycles. The predicted molar refractivity (Wildman–Crippen MR) is 83.7 cm³/mol. The standard InChI is InChI=1S/C13H16O2S3/c1-3-9-16-17-10-4-11-18(14)13-7-5-12(15-2)6-8-13/h3-8,10H,1,9,11H2,2H3/b10-4+. The third-order valence-electron chi connectivity index (χ3n) is 1.98. The van der Waals surface area contributed by atoms with Crippen molar-refractivity contribution in [1.82, 2.24) is 0 Å². The number of hydrogen-bond donors (Lipinski definition) is 0. The van der Waals surface area contributed by atoms with E-state index in [4.69, 9.17) is 4.74 Å². The molecular formula is C13H16O2S3. The molecule has 2 nitrogen and oxygen atoms in total. The molecule has 0 saturated heterocycles. The predicted octanol–water partition coefficient (Wildman–Crippen LogP) is 3.88. The fraction of sp³-hybridized carbons (Fsp3) is 0.231. The van der Waals surface area contributed by atoms with Gasteiger partial charge in [-0.3, -0.25) is 4.21 Å². The van der Waals surface area contributed by atoms with Crippen molar-refractivity contribution in [2.45, 2.75) is 4.90 Å². The minimum absolute atomic E-state index is 0.536. The Balaban J connectivity index is 2.37. The van der Waals surface area contributed by atoms with Gasteiger partial charge in [-0.1, -0.05) is 33.7 Å². The maximum Gasteiger partial charge on any atom is 0.118 e. The van der Waals surface area contributed by atoms with E-state index in [0.29, 0.717) is 5.75 Å². The van der Waals surface area contributed by atoms with Crippen LogP contribution in [0.3, 0.4) is 0 Å². The average Bonchev–Trinajstić information content (AvgIpc) is 2.42. The molecule has 1 unspecified atom stereocenters. The molecule has 0 heterocycles. The summed E-state index contributed by atoms with van der Waals surface area (Å²) in [6.07, 6.45) is 3.79. The number of rotatable bonds is 8. The van der Waals surface area contributed by atoms with Crippen LogP contribution in [-0.4, -0.2) is 22.8 Å². The van der Waals surface area contributed by atoms with Crippen LogP contribution in [0.15, 0.2) is 53.3 Å². The van der Waals surface area contributed by atoms with Crippen LogP contribution in [-0.2, 0) is 10.8 Å². The second-order valence-electron chi connectivity index (χ2n) is 3.23. The van der Waals surface area contributed by atoms with Gasteiger partial charge in [-0.05, 0) is 29.7 Å². The number of hydrogen-bond acceptors (Lipinski definition) is 4. The first-order valence-corrected chi connectivity index (χ1v) is 9.04. The monoisotopic (exact) mass is 300 g/mol. The summed E-state index contributed by atoms with van der Waals surface area (Å²) in [5.74, 6) is 2.23. The van der Waals surface area contributed by atoms with Gasteiger partial charge >= 0.3 is 0 Å². The van der Waals surface area contributed by atoms with E-state index in [2.05, 4.69) is 6.58 Å². The maximum absolute atomic E-state index is 11.9. The Labute approximate surface area is 119 Å². The van der Waals surface area contributed by atoms with Crippen molar-refractivity contribution in [3.05, 3.63) is 48.4 Å². The maximum atomic E-state index is 11.9. The molecule has 0 aliphatic carbocycles. The molecule has 0 fully saturated rings. The minimum Gasteiger partial charge on any atom is -0.497 e. The summed E-state index contributed by atoms with van der Waals surface area (Å²) in [5, 5.41) is 1.97. The second-order valence-corrected chi connectivity index (χ2v) is 7.04. The third-order valence-corrected chi connectivity index (χ3v) is 5.23. The van der Waals surface area contributed by atoms with Gasteiger partial charge in [-0.15, -0.1) is 6.58 Å². The highest BCUT2D eigenvalue weighted by molar-refractivity contribution is 8.77. The Morgan fingerprint density at radius 1 is 1.39 bits per heavy atom. The molecular weight excluding hydrogens is 284 g/mol. The van der Waals surface area contributed by atoms with Gasteiger partial charge in [-0.25, -0.2) is 0 Å². The average molecular weight is 300 g/mol. The van der Waals surface area contributed by atoms with E-state index in [1.807, 2.05) is 41.8 Å². The minimum atomic E-state index is -0.986. The van der Waals surface area contributed by atoms with Gasteiger partial charge in [0, 0.05) is 16.4 Å². The van der Waals surface area contributed by atoms with E-state index in [-0.39, 0.29) is 0 Å². The van der Waals surface area contributed by atoms with Crippen molar-refractivity contribution in [1.29, 1.82) is 0 Å². The SMILES string of the molecule is C=CCSS/C=C/CS(=O)c1ccc(OC)cc1. The normalized spacial score (nSPS) is 12.5. The molecule has 0 aliphatic heterocycles. The molecule has 0 aromatic heterocycles. The first-order valence-electron chi connectivity index (χ1n) is 5.34. The summed E-state index contributed by atoms with van der Waals surface area (Å²) in [6, 6.07) is 7.32. The Bertz CT molecular complexity index is 413. The molecule has 1 aromatic carbocycles. The molecule has 0 radical (unpaired) electrons. The molecule has 0 N–H and O–H groups in total. The van der Waals surface area contributed by atoms with Crippen LogP contribution in [0.25, 0.3) is 0 Å². The van der Waals surface area contributed by atoms with Crippen LogP contribution in [0.2, 0.25) is 0 Å². The third kappa shape index (κ3) is 5.80. The van der Waals surface area contributed by atoms with Crippen LogP contribution in [0.5, 0.6) is 5.75 Å². The summed E-state index contributed by atoms with van der Waals surface area (Å²) in [7, 11) is 3.97. The van der Waals surface area contributed by atoms with Crippen LogP contribution in [0.1, 0.15) is 0 Å². The molecule has 0 aliphatic rings. The van der Waals surface area contributed by atoms with Gasteiger partial charge in [0.1, 0.15) is 5.75 Å². The fourth-order valence-corrected chi connectivity index (χ4v) is 3.57. The fourth-order valence-electron chi connectivity index (χ4n) is 1.12. The highest BCUT2D eigenvalue weighted by atomic mass is 33.1. The Kier molecular flexibility index (Phi) is 7.96. The number of ether oxygens (including phenoxy) is 1. The lowest BCUT2D eigenvalue weighted by Crippen LogP contribution is -1.94. The van der Waals surface area contributed by atoms with Gasteiger partial charge < -0.3 is 4.74 Å². The van der Waals surface area contributed by atoms with E-state index in [1.54, 1.807) is 28.7 Å². The first-order chi connectivity index (χ1) is 8.77. The van der Waals surface area contributed by atoms with E-state index in [0.717, 1.165) is 16.4 Å². The van der Waals surface area contributed by atoms with E-state index < -0.39 is 10.8 Å².